The van der Waals surface area contributed by atoms with Gasteiger partial charge in [-0.2, -0.15) is 0 Å². The van der Waals surface area contributed by atoms with Crippen molar-refractivity contribution in [2.75, 3.05) is 47.1 Å². The first kappa shape index (κ1) is 21.1. The van der Waals surface area contributed by atoms with Crippen LogP contribution in [0.25, 0.3) is 0 Å². The number of rotatable bonds is 6. The highest BCUT2D eigenvalue weighted by Crippen LogP contribution is 2.23. The van der Waals surface area contributed by atoms with Gasteiger partial charge in [0.2, 0.25) is 15.9 Å². The zero-order valence-corrected chi connectivity index (χ0v) is 17.2. The number of hydrogen-bond acceptors (Lipinski definition) is 5. The fourth-order valence-electron chi connectivity index (χ4n) is 3.22. The molecule has 0 saturated carbocycles. The molecule has 0 bridgehead atoms. The van der Waals surface area contributed by atoms with Crippen molar-refractivity contribution in [3.63, 3.8) is 0 Å². The number of benzene rings is 2. The van der Waals surface area contributed by atoms with E-state index < -0.39 is 27.8 Å². The van der Waals surface area contributed by atoms with Crippen LogP contribution in [0.1, 0.15) is 6.92 Å². The number of morpholine rings is 1. The second-order valence-corrected chi connectivity index (χ2v) is 8.71. The zero-order valence-electron chi connectivity index (χ0n) is 16.3. The van der Waals surface area contributed by atoms with Crippen molar-refractivity contribution >= 4 is 33.0 Å². The molecule has 1 amide bonds. The van der Waals surface area contributed by atoms with Crippen LogP contribution < -0.4 is 14.5 Å². The molecular weight excluding hydrogens is 397 g/mol. The van der Waals surface area contributed by atoms with Gasteiger partial charge in [0, 0.05) is 24.5 Å². The van der Waals surface area contributed by atoms with E-state index in [1.165, 1.54) is 19.1 Å². The molecule has 3 rings (SSSR count). The molecular formula is C20H24FN3O4S. The van der Waals surface area contributed by atoms with Gasteiger partial charge in [0.25, 0.3) is 0 Å². The van der Waals surface area contributed by atoms with Crippen LogP contribution in [0.2, 0.25) is 0 Å². The monoisotopic (exact) mass is 421 g/mol. The molecule has 0 aliphatic carbocycles. The van der Waals surface area contributed by atoms with Crippen molar-refractivity contribution in [3.05, 3.63) is 54.3 Å². The summed E-state index contributed by atoms with van der Waals surface area (Å²) < 4.78 is 44.1. The van der Waals surface area contributed by atoms with Crippen LogP contribution in [-0.2, 0) is 19.6 Å². The maximum Gasteiger partial charge on any atom is 0.247 e. The Kier molecular flexibility index (Phi) is 6.39. The summed E-state index contributed by atoms with van der Waals surface area (Å²) >= 11 is 0. The zero-order chi connectivity index (χ0) is 21.0. The van der Waals surface area contributed by atoms with Crippen LogP contribution in [0.3, 0.4) is 0 Å². The van der Waals surface area contributed by atoms with Gasteiger partial charge in [0.15, 0.2) is 0 Å². The lowest BCUT2D eigenvalue weighted by Gasteiger charge is -2.29. The lowest BCUT2D eigenvalue weighted by molar-refractivity contribution is -0.116. The fourth-order valence-corrected chi connectivity index (χ4v) is 4.40. The van der Waals surface area contributed by atoms with E-state index in [-0.39, 0.29) is 5.69 Å². The van der Waals surface area contributed by atoms with Gasteiger partial charge in [-0.15, -0.1) is 0 Å². The van der Waals surface area contributed by atoms with Crippen molar-refractivity contribution < 1.29 is 22.3 Å². The molecule has 0 aromatic heterocycles. The van der Waals surface area contributed by atoms with Crippen LogP contribution >= 0.6 is 0 Å². The van der Waals surface area contributed by atoms with E-state index in [4.69, 9.17) is 4.74 Å². The summed E-state index contributed by atoms with van der Waals surface area (Å²) in [5, 5.41) is 2.74. The van der Waals surface area contributed by atoms with Crippen molar-refractivity contribution in [2.45, 2.75) is 13.0 Å². The first-order valence-electron chi connectivity index (χ1n) is 9.24. The van der Waals surface area contributed by atoms with Crippen LogP contribution in [0.15, 0.2) is 48.5 Å². The Labute approximate surface area is 170 Å². The normalized spacial score (nSPS) is 15.6. The van der Waals surface area contributed by atoms with Crippen molar-refractivity contribution in [1.29, 1.82) is 0 Å². The molecule has 156 valence electrons. The molecule has 29 heavy (non-hydrogen) atoms. The number of halogens is 1. The van der Waals surface area contributed by atoms with Gasteiger partial charge in [-0.3, -0.25) is 9.10 Å². The van der Waals surface area contributed by atoms with Crippen LogP contribution in [0, 0.1) is 5.82 Å². The van der Waals surface area contributed by atoms with Gasteiger partial charge in [0.05, 0.1) is 25.2 Å². The standard InChI is InChI=1S/C20H24FN3O4S/c1-15(24(29(2,26)27)19-7-3-16(21)4-8-19)20(25)22-17-5-9-18(10-6-17)23-11-13-28-14-12-23/h3-10,15H,11-14H2,1-2H3,(H,22,25)/t15-/m1/s1. The summed E-state index contributed by atoms with van der Waals surface area (Å²) in [5.74, 6) is -0.974. The molecule has 1 atom stereocenters. The van der Waals surface area contributed by atoms with Crippen LogP contribution in [-0.4, -0.2) is 52.9 Å². The molecule has 0 spiro atoms. The van der Waals surface area contributed by atoms with Crippen molar-refractivity contribution in [1.82, 2.24) is 0 Å². The molecule has 9 heteroatoms. The number of hydrogen-bond donors (Lipinski definition) is 1. The van der Waals surface area contributed by atoms with E-state index in [0.717, 1.165) is 41.5 Å². The number of nitrogens with zero attached hydrogens (tertiary/aromatic N) is 2. The average molecular weight is 421 g/mol. The van der Waals surface area contributed by atoms with Crippen LogP contribution in [0.4, 0.5) is 21.5 Å². The van der Waals surface area contributed by atoms with E-state index in [0.29, 0.717) is 18.9 Å². The summed E-state index contributed by atoms with van der Waals surface area (Å²) in [4.78, 5) is 14.9. The van der Waals surface area contributed by atoms with E-state index >= 15 is 0 Å². The van der Waals surface area contributed by atoms with E-state index in [9.17, 15) is 17.6 Å². The third-order valence-electron chi connectivity index (χ3n) is 4.68. The summed E-state index contributed by atoms with van der Waals surface area (Å²) in [7, 11) is -3.76. The quantitative estimate of drug-likeness (QED) is 0.775. The second kappa shape index (κ2) is 8.79. The Bertz CT molecular complexity index is 943. The van der Waals surface area contributed by atoms with E-state index in [1.807, 2.05) is 12.1 Å². The summed E-state index contributed by atoms with van der Waals surface area (Å²) in [6.45, 7) is 4.47. The molecule has 2 aromatic carbocycles. The Hall–Kier alpha value is -2.65. The smallest absolute Gasteiger partial charge is 0.247 e. The number of carbonyl (C=O) groups is 1. The Morgan fingerprint density at radius 3 is 2.24 bits per heavy atom. The van der Waals surface area contributed by atoms with Crippen molar-refractivity contribution in [3.8, 4) is 0 Å². The van der Waals surface area contributed by atoms with Crippen LogP contribution in [0.5, 0.6) is 0 Å². The molecule has 0 radical (unpaired) electrons. The number of sulfonamides is 1. The third kappa shape index (κ3) is 5.24. The molecule has 7 nitrogen and oxygen atoms in total. The topological polar surface area (TPSA) is 79.0 Å². The lowest BCUT2D eigenvalue weighted by atomic mass is 10.2. The maximum atomic E-state index is 13.2. The summed E-state index contributed by atoms with van der Waals surface area (Å²) in [5.41, 5.74) is 1.81. The van der Waals surface area contributed by atoms with E-state index in [2.05, 4.69) is 10.2 Å². The average Bonchev–Trinajstić information content (AvgIpc) is 2.70. The Morgan fingerprint density at radius 1 is 1.10 bits per heavy atom. The molecule has 1 fully saturated rings. The Balaban J connectivity index is 1.73. The van der Waals surface area contributed by atoms with E-state index in [1.54, 1.807) is 12.1 Å². The van der Waals surface area contributed by atoms with Gasteiger partial charge in [-0.05, 0) is 55.5 Å². The minimum absolute atomic E-state index is 0.221. The number of ether oxygens (including phenoxy) is 1. The van der Waals surface area contributed by atoms with Crippen molar-refractivity contribution in [2.24, 2.45) is 0 Å². The lowest BCUT2D eigenvalue weighted by Crippen LogP contribution is -2.45. The summed E-state index contributed by atoms with van der Waals surface area (Å²) in [6, 6.07) is 11.3. The Morgan fingerprint density at radius 2 is 1.69 bits per heavy atom. The third-order valence-corrected chi connectivity index (χ3v) is 5.92. The SMILES string of the molecule is C[C@H](C(=O)Nc1ccc(N2CCOCC2)cc1)N(c1ccc(F)cc1)S(C)(=O)=O. The largest absolute Gasteiger partial charge is 0.378 e. The van der Waals surface area contributed by atoms with Gasteiger partial charge in [-0.25, -0.2) is 12.8 Å². The minimum Gasteiger partial charge on any atom is -0.378 e. The van der Waals surface area contributed by atoms with Gasteiger partial charge >= 0.3 is 0 Å². The van der Waals surface area contributed by atoms with Gasteiger partial charge in [-0.1, -0.05) is 0 Å². The number of amides is 1. The second-order valence-electron chi connectivity index (χ2n) is 6.85. The maximum absolute atomic E-state index is 13.2. The molecule has 2 aromatic rings. The molecule has 1 aliphatic heterocycles. The first-order chi connectivity index (χ1) is 13.8. The highest BCUT2D eigenvalue weighted by Gasteiger charge is 2.29. The molecule has 1 aliphatic rings. The predicted octanol–water partition coefficient (Wildman–Crippen LogP) is 2.46. The number of carbonyl (C=O) groups excluding carboxylic acids is 1. The van der Waals surface area contributed by atoms with Gasteiger partial charge in [0.1, 0.15) is 11.9 Å². The van der Waals surface area contributed by atoms with Gasteiger partial charge < -0.3 is 15.0 Å². The summed E-state index contributed by atoms with van der Waals surface area (Å²) in [6.07, 6.45) is 1.01. The molecule has 1 N–H and O–H groups in total. The minimum atomic E-state index is -3.76. The number of anilines is 3. The molecule has 1 heterocycles. The molecule has 1 saturated heterocycles. The first-order valence-corrected chi connectivity index (χ1v) is 11.1. The fraction of sp³-hybridized carbons (Fsp3) is 0.350. The highest BCUT2D eigenvalue weighted by atomic mass is 32.2. The highest BCUT2D eigenvalue weighted by molar-refractivity contribution is 7.92. The predicted molar refractivity (Wildman–Crippen MR) is 111 cm³/mol. The molecule has 0 unspecified atom stereocenters. The number of nitrogens with one attached hydrogen (secondary N) is 1.